The lowest BCUT2D eigenvalue weighted by molar-refractivity contribution is 0.0898. The number of aromatic nitrogens is 4. The van der Waals surface area contributed by atoms with Gasteiger partial charge in [0.05, 0.1) is 11.2 Å². The average Bonchev–Trinajstić information content (AvgIpc) is 3.28. The van der Waals surface area contributed by atoms with Gasteiger partial charge >= 0.3 is 11.8 Å². The van der Waals surface area contributed by atoms with Gasteiger partial charge in [-0.05, 0) is 18.6 Å². The molecule has 140 valence electrons. The third-order valence-electron chi connectivity index (χ3n) is 3.65. The SMILES string of the molecule is Cc1ccccc1C(=O)NCCNC(=O)c1nc(Cn2cc(Cl)cn2)no1. The quantitative estimate of drug-likeness (QED) is 0.592. The summed E-state index contributed by atoms with van der Waals surface area (Å²) in [5.41, 5.74) is 1.49. The normalized spacial score (nSPS) is 10.6. The fourth-order valence-electron chi connectivity index (χ4n) is 2.33. The first-order chi connectivity index (χ1) is 13.0. The highest BCUT2D eigenvalue weighted by atomic mass is 35.5. The van der Waals surface area contributed by atoms with Gasteiger partial charge in [-0.2, -0.15) is 10.1 Å². The van der Waals surface area contributed by atoms with E-state index in [0.717, 1.165) is 5.56 Å². The van der Waals surface area contributed by atoms with Crippen molar-refractivity contribution in [2.75, 3.05) is 13.1 Å². The van der Waals surface area contributed by atoms with Crippen LogP contribution in [-0.4, -0.2) is 44.8 Å². The van der Waals surface area contributed by atoms with E-state index in [1.165, 1.54) is 10.9 Å². The molecule has 0 radical (unpaired) electrons. The van der Waals surface area contributed by atoms with Crippen molar-refractivity contribution in [2.45, 2.75) is 13.5 Å². The molecule has 1 aromatic carbocycles. The molecule has 9 nitrogen and oxygen atoms in total. The first-order valence-electron chi connectivity index (χ1n) is 8.15. The van der Waals surface area contributed by atoms with Gasteiger partial charge in [-0.25, -0.2) is 0 Å². The highest BCUT2D eigenvalue weighted by Crippen LogP contribution is 2.07. The number of aryl methyl sites for hydroxylation is 1. The van der Waals surface area contributed by atoms with E-state index in [2.05, 4.69) is 25.9 Å². The molecule has 3 aromatic rings. The number of rotatable bonds is 7. The number of hydrogen-bond donors (Lipinski definition) is 2. The molecule has 2 heterocycles. The van der Waals surface area contributed by atoms with E-state index >= 15 is 0 Å². The number of amides is 2. The Morgan fingerprint density at radius 1 is 1.19 bits per heavy atom. The van der Waals surface area contributed by atoms with Gasteiger partial charge in [0.1, 0.15) is 6.54 Å². The molecule has 2 N–H and O–H groups in total. The van der Waals surface area contributed by atoms with Crippen molar-refractivity contribution in [1.29, 1.82) is 0 Å². The molecule has 10 heteroatoms. The molecule has 0 spiro atoms. The molecule has 27 heavy (non-hydrogen) atoms. The molecule has 0 unspecified atom stereocenters. The number of hydrogen-bond acceptors (Lipinski definition) is 6. The molecule has 0 saturated heterocycles. The van der Waals surface area contributed by atoms with E-state index in [9.17, 15) is 9.59 Å². The summed E-state index contributed by atoms with van der Waals surface area (Å²) in [5.74, 6) is -0.570. The first-order valence-corrected chi connectivity index (χ1v) is 8.53. The van der Waals surface area contributed by atoms with E-state index in [1.54, 1.807) is 18.3 Å². The van der Waals surface area contributed by atoms with Crippen LogP contribution in [0.15, 0.2) is 41.2 Å². The van der Waals surface area contributed by atoms with Gasteiger partial charge in [-0.1, -0.05) is 35.0 Å². The standard InChI is InChI=1S/C17H17ClN6O3/c1-11-4-2-3-5-13(11)15(25)19-6-7-20-16(26)17-22-14(23-27-17)10-24-9-12(18)8-21-24/h2-5,8-9H,6-7,10H2,1H3,(H,19,25)(H,20,26). The summed E-state index contributed by atoms with van der Waals surface area (Å²) < 4.78 is 6.46. The Morgan fingerprint density at radius 2 is 1.93 bits per heavy atom. The molecule has 0 aliphatic rings. The number of nitrogens with zero attached hydrogens (tertiary/aromatic N) is 4. The largest absolute Gasteiger partial charge is 0.350 e. The molecule has 2 amide bonds. The number of carbonyl (C=O) groups is 2. The Kier molecular flexibility index (Phi) is 5.82. The smallest absolute Gasteiger partial charge is 0.316 e. The van der Waals surface area contributed by atoms with E-state index in [4.69, 9.17) is 16.1 Å². The minimum absolute atomic E-state index is 0.159. The number of nitrogens with one attached hydrogen (secondary N) is 2. The topological polar surface area (TPSA) is 115 Å². The Morgan fingerprint density at radius 3 is 2.63 bits per heavy atom. The monoisotopic (exact) mass is 388 g/mol. The Balaban J connectivity index is 1.44. The fourth-order valence-corrected chi connectivity index (χ4v) is 2.49. The Hall–Kier alpha value is -3.20. The fraction of sp³-hybridized carbons (Fsp3) is 0.235. The zero-order valence-corrected chi connectivity index (χ0v) is 15.2. The van der Waals surface area contributed by atoms with Crippen LogP contribution >= 0.6 is 11.6 Å². The maximum atomic E-state index is 12.1. The predicted molar refractivity (Wildman–Crippen MR) is 96.5 cm³/mol. The number of halogens is 1. The Labute approximate surface area is 159 Å². The van der Waals surface area contributed by atoms with E-state index in [-0.39, 0.29) is 31.4 Å². The van der Waals surface area contributed by atoms with E-state index < -0.39 is 5.91 Å². The second-order valence-electron chi connectivity index (χ2n) is 5.70. The van der Waals surface area contributed by atoms with Gasteiger partial charge in [0, 0.05) is 24.8 Å². The van der Waals surface area contributed by atoms with Gasteiger partial charge in [-0.3, -0.25) is 14.3 Å². The third-order valence-corrected chi connectivity index (χ3v) is 3.85. The average molecular weight is 389 g/mol. The summed E-state index contributed by atoms with van der Waals surface area (Å²) in [6.07, 6.45) is 3.09. The van der Waals surface area contributed by atoms with Crippen LogP contribution in [0.1, 0.15) is 32.4 Å². The summed E-state index contributed by atoms with van der Waals surface area (Å²) >= 11 is 5.78. The Bertz CT molecular complexity index is 952. The highest BCUT2D eigenvalue weighted by Gasteiger charge is 2.15. The summed E-state index contributed by atoms with van der Waals surface area (Å²) in [6, 6.07) is 7.27. The molecule has 2 aromatic heterocycles. The van der Waals surface area contributed by atoms with Gasteiger partial charge in [0.25, 0.3) is 5.91 Å². The van der Waals surface area contributed by atoms with Gasteiger partial charge in [-0.15, -0.1) is 0 Å². The van der Waals surface area contributed by atoms with Crippen LogP contribution in [0.2, 0.25) is 5.02 Å². The molecule has 0 aliphatic heterocycles. The van der Waals surface area contributed by atoms with Crippen LogP contribution in [0.25, 0.3) is 0 Å². The summed E-state index contributed by atoms with van der Waals surface area (Å²) in [5, 5.41) is 13.6. The predicted octanol–water partition coefficient (Wildman–Crippen LogP) is 1.44. The van der Waals surface area contributed by atoms with Crippen molar-refractivity contribution in [3.63, 3.8) is 0 Å². The third kappa shape index (κ3) is 4.91. The summed E-state index contributed by atoms with van der Waals surface area (Å²) in [6.45, 7) is 2.59. The molecular formula is C17H17ClN6O3. The van der Waals surface area contributed by atoms with Crippen LogP contribution in [-0.2, 0) is 6.54 Å². The minimum atomic E-state index is -0.516. The summed E-state index contributed by atoms with van der Waals surface area (Å²) in [4.78, 5) is 28.1. The molecule has 0 bridgehead atoms. The van der Waals surface area contributed by atoms with Crippen molar-refractivity contribution >= 4 is 23.4 Å². The molecule has 0 aliphatic carbocycles. The number of carbonyl (C=O) groups excluding carboxylic acids is 2. The van der Waals surface area contributed by atoms with E-state index in [0.29, 0.717) is 16.4 Å². The summed E-state index contributed by atoms with van der Waals surface area (Å²) in [7, 11) is 0. The molecule has 0 atom stereocenters. The zero-order chi connectivity index (χ0) is 19.2. The van der Waals surface area contributed by atoms with Crippen molar-refractivity contribution in [3.05, 3.63) is 64.5 Å². The second-order valence-corrected chi connectivity index (χ2v) is 6.14. The maximum Gasteiger partial charge on any atom is 0.316 e. The lowest BCUT2D eigenvalue weighted by atomic mass is 10.1. The van der Waals surface area contributed by atoms with Crippen LogP contribution < -0.4 is 10.6 Å². The van der Waals surface area contributed by atoms with Crippen molar-refractivity contribution < 1.29 is 14.1 Å². The molecular weight excluding hydrogens is 372 g/mol. The van der Waals surface area contributed by atoms with Crippen LogP contribution in [0.3, 0.4) is 0 Å². The minimum Gasteiger partial charge on any atom is -0.350 e. The van der Waals surface area contributed by atoms with Crippen LogP contribution in [0.5, 0.6) is 0 Å². The van der Waals surface area contributed by atoms with Crippen LogP contribution in [0.4, 0.5) is 0 Å². The zero-order valence-electron chi connectivity index (χ0n) is 14.5. The van der Waals surface area contributed by atoms with Gasteiger partial charge in [0.15, 0.2) is 5.82 Å². The number of benzene rings is 1. The van der Waals surface area contributed by atoms with Crippen LogP contribution in [0, 0.1) is 6.92 Å². The lowest BCUT2D eigenvalue weighted by Crippen LogP contribution is -2.35. The lowest BCUT2D eigenvalue weighted by Gasteiger charge is -2.07. The first kappa shape index (κ1) is 18.6. The molecule has 0 saturated carbocycles. The maximum absolute atomic E-state index is 12.1. The second kappa shape index (κ2) is 8.45. The van der Waals surface area contributed by atoms with Gasteiger partial charge < -0.3 is 15.2 Å². The molecule has 0 fully saturated rings. The van der Waals surface area contributed by atoms with E-state index in [1.807, 2.05) is 19.1 Å². The van der Waals surface area contributed by atoms with Crippen molar-refractivity contribution in [2.24, 2.45) is 0 Å². The van der Waals surface area contributed by atoms with Gasteiger partial charge in [0.2, 0.25) is 0 Å². The highest BCUT2D eigenvalue weighted by molar-refractivity contribution is 6.30. The van der Waals surface area contributed by atoms with Crippen molar-refractivity contribution in [1.82, 2.24) is 30.6 Å². The molecule has 3 rings (SSSR count). The van der Waals surface area contributed by atoms with Crippen molar-refractivity contribution in [3.8, 4) is 0 Å².